The van der Waals surface area contributed by atoms with Crippen LogP contribution >= 0.6 is 0 Å². The number of nitrogens with one attached hydrogen (secondary N) is 1. The van der Waals surface area contributed by atoms with E-state index in [1.807, 2.05) is 25.1 Å². The third-order valence-corrected chi connectivity index (χ3v) is 7.39. The molecule has 3 rings (SSSR count). The number of sulfonamides is 1. The van der Waals surface area contributed by atoms with Crippen LogP contribution in [0.4, 0.5) is 5.69 Å². The molecule has 1 amide bonds. The highest BCUT2D eigenvalue weighted by Gasteiger charge is 2.19. The number of anilines is 1. The lowest BCUT2D eigenvalue weighted by Gasteiger charge is -2.31. The smallest absolute Gasteiger partial charge is 0.240 e. The Morgan fingerprint density at radius 1 is 1.06 bits per heavy atom. The number of benzene rings is 2. The number of carbonyl (C=O) groups is 1. The molecular weight excluding hydrogens is 410 g/mol. The first-order chi connectivity index (χ1) is 14.8. The van der Waals surface area contributed by atoms with Crippen LogP contribution in [0.1, 0.15) is 42.4 Å². The Labute approximate surface area is 186 Å². The second-order valence-electron chi connectivity index (χ2n) is 8.34. The third kappa shape index (κ3) is 6.08. The normalized spacial score (nSPS) is 14.5. The van der Waals surface area contributed by atoms with Crippen molar-refractivity contribution in [2.24, 2.45) is 0 Å². The second-order valence-corrected chi connectivity index (χ2v) is 10.1. The number of piperidine rings is 1. The van der Waals surface area contributed by atoms with Crippen LogP contribution in [0.15, 0.2) is 47.4 Å². The summed E-state index contributed by atoms with van der Waals surface area (Å²) in [6, 6.07) is 13.6. The topological polar surface area (TPSA) is 69.7 Å². The Morgan fingerprint density at radius 2 is 1.77 bits per heavy atom. The standard InChI is InChI=1S/C24H33N3O3S/c1-19-11-12-20(2)23(17-19)31(29,30)25-14-13-24(28)26(3)18-21-9-5-6-10-22(21)27-15-7-4-8-16-27/h5-6,9-12,17,25H,4,7-8,13-16,18H2,1-3H3. The molecule has 0 aromatic heterocycles. The van der Waals surface area contributed by atoms with Crippen molar-refractivity contribution in [3.8, 4) is 0 Å². The summed E-state index contributed by atoms with van der Waals surface area (Å²) < 4.78 is 27.8. The average molecular weight is 444 g/mol. The molecule has 0 atom stereocenters. The highest BCUT2D eigenvalue weighted by molar-refractivity contribution is 7.89. The minimum absolute atomic E-state index is 0.0761. The van der Waals surface area contributed by atoms with Gasteiger partial charge in [-0.15, -0.1) is 0 Å². The van der Waals surface area contributed by atoms with Crippen molar-refractivity contribution in [3.63, 3.8) is 0 Å². The monoisotopic (exact) mass is 443 g/mol. The van der Waals surface area contributed by atoms with Crippen molar-refractivity contribution in [1.29, 1.82) is 0 Å². The van der Waals surface area contributed by atoms with Crippen molar-refractivity contribution < 1.29 is 13.2 Å². The second kappa shape index (κ2) is 10.3. The van der Waals surface area contributed by atoms with E-state index < -0.39 is 10.0 Å². The number of rotatable bonds is 8. The van der Waals surface area contributed by atoms with Gasteiger partial charge in [0.1, 0.15) is 0 Å². The van der Waals surface area contributed by atoms with Crippen LogP contribution in [0.2, 0.25) is 0 Å². The summed E-state index contributed by atoms with van der Waals surface area (Å²) in [6.45, 7) is 6.32. The first-order valence-corrected chi connectivity index (χ1v) is 12.4. The molecule has 168 valence electrons. The minimum Gasteiger partial charge on any atom is -0.371 e. The first-order valence-electron chi connectivity index (χ1n) is 10.9. The molecule has 0 unspecified atom stereocenters. The van der Waals surface area contributed by atoms with Gasteiger partial charge in [0.05, 0.1) is 4.90 Å². The fraction of sp³-hybridized carbons (Fsp3) is 0.458. The molecule has 1 saturated heterocycles. The van der Waals surface area contributed by atoms with E-state index in [0.717, 1.165) is 24.2 Å². The summed E-state index contributed by atoms with van der Waals surface area (Å²) in [6.07, 6.45) is 3.79. The Hall–Kier alpha value is -2.38. The fourth-order valence-electron chi connectivity index (χ4n) is 3.99. The van der Waals surface area contributed by atoms with Crippen LogP contribution in [0.5, 0.6) is 0 Å². The van der Waals surface area contributed by atoms with Crippen molar-refractivity contribution in [3.05, 3.63) is 59.2 Å². The molecule has 0 spiro atoms. The number of amides is 1. The molecule has 2 aromatic carbocycles. The molecule has 1 heterocycles. The maximum absolute atomic E-state index is 12.7. The molecule has 1 aliphatic heterocycles. The van der Waals surface area contributed by atoms with Gasteiger partial charge in [-0.25, -0.2) is 13.1 Å². The molecule has 0 bridgehead atoms. The van der Waals surface area contributed by atoms with Gasteiger partial charge in [0.25, 0.3) is 0 Å². The summed E-state index contributed by atoms with van der Waals surface area (Å²) in [5, 5.41) is 0. The molecule has 31 heavy (non-hydrogen) atoms. The fourth-order valence-corrected chi connectivity index (χ4v) is 5.35. The highest BCUT2D eigenvalue weighted by Crippen LogP contribution is 2.25. The molecule has 1 fully saturated rings. The molecule has 2 aromatic rings. The average Bonchev–Trinajstić information content (AvgIpc) is 2.76. The van der Waals surface area contributed by atoms with E-state index in [-0.39, 0.29) is 23.8 Å². The van der Waals surface area contributed by atoms with E-state index >= 15 is 0 Å². The van der Waals surface area contributed by atoms with Gasteiger partial charge in [-0.05, 0) is 61.9 Å². The summed E-state index contributed by atoms with van der Waals surface area (Å²) >= 11 is 0. The van der Waals surface area contributed by atoms with Crippen molar-refractivity contribution in [2.45, 2.75) is 51.0 Å². The van der Waals surface area contributed by atoms with Gasteiger partial charge in [0.15, 0.2) is 0 Å². The van der Waals surface area contributed by atoms with Gasteiger partial charge >= 0.3 is 0 Å². The molecule has 6 nitrogen and oxygen atoms in total. The van der Waals surface area contributed by atoms with Gasteiger partial charge in [-0.2, -0.15) is 0 Å². The maximum Gasteiger partial charge on any atom is 0.240 e. The molecular formula is C24H33N3O3S. The Bertz CT molecular complexity index is 1010. The summed E-state index contributed by atoms with van der Waals surface area (Å²) in [4.78, 5) is 17.0. The number of para-hydroxylation sites is 1. The Morgan fingerprint density at radius 3 is 2.52 bits per heavy atom. The SMILES string of the molecule is Cc1ccc(C)c(S(=O)(=O)NCCC(=O)N(C)Cc2ccccc2N2CCCCC2)c1. The van der Waals surface area contributed by atoms with Crippen LogP contribution in [0, 0.1) is 13.8 Å². The molecule has 0 saturated carbocycles. The van der Waals surface area contributed by atoms with Gasteiger partial charge in [0.2, 0.25) is 15.9 Å². The highest BCUT2D eigenvalue weighted by atomic mass is 32.2. The largest absolute Gasteiger partial charge is 0.371 e. The Kier molecular flexibility index (Phi) is 7.73. The van der Waals surface area contributed by atoms with E-state index in [1.165, 1.54) is 24.9 Å². The van der Waals surface area contributed by atoms with Crippen molar-refractivity contribution in [1.82, 2.24) is 9.62 Å². The zero-order valence-electron chi connectivity index (χ0n) is 18.7. The molecule has 1 aliphatic rings. The molecule has 7 heteroatoms. The molecule has 0 radical (unpaired) electrons. The number of hydrogen-bond donors (Lipinski definition) is 1. The van der Waals surface area contributed by atoms with E-state index in [4.69, 9.17) is 0 Å². The lowest BCUT2D eigenvalue weighted by molar-refractivity contribution is -0.130. The number of nitrogens with zero attached hydrogens (tertiary/aromatic N) is 2. The van der Waals surface area contributed by atoms with E-state index in [1.54, 1.807) is 31.0 Å². The summed E-state index contributed by atoms with van der Waals surface area (Å²) in [5.41, 5.74) is 3.89. The third-order valence-electron chi connectivity index (χ3n) is 5.79. The Balaban J connectivity index is 1.57. The lowest BCUT2D eigenvalue weighted by Crippen LogP contribution is -2.33. The van der Waals surface area contributed by atoms with Crippen LogP contribution < -0.4 is 9.62 Å². The molecule has 1 N–H and O–H groups in total. The van der Waals surface area contributed by atoms with Gasteiger partial charge < -0.3 is 9.80 Å². The predicted molar refractivity (Wildman–Crippen MR) is 125 cm³/mol. The van der Waals surface area contributed by atoms with Crippen molar-refractivity contribution >= 4 is 21.6 Å². The maximum atomic E-state index is 12.7. The number of hydrogen-bond acceptors (Lipinski definition) is 4. The zero-order valence-corrected chi connectivity index (χ0v) is 19.5. The van der Waals surface area contributed by atoms with Crippen LogP contribution in [-0.4, -0.2) is 45.9 Å². The zero-order chi connectivity index (χ0) is 22.4. The van der Waals surface area contributed by atoms with Crippen LogP contribution in [-0.2, 0) is 21.4 Å². The van der Waals surface area contributed by atoms with Gasteiger partial charge in [-0.1, -0.05) is 30.3 Å². The predicted octanol–water partition coefficient (Wildman–Crippen LogP) is 3.62. The summed E-state index contributed by atoms with van der Waals surface area (Å²) in [7, 11) is -1.87. The van der Waals surface area contributed by atoms with Crippen LogP contribution in [0.3, 0.4) is 0 Å². The van der Waals surface area contributed by atoms with Gasteiger partial charge in [0, 0.05) is 45.3 Å². The molecule has 0 aliphatic carbocycles. The summed E-state index contributed by atoms with van der Waals surface area (Å²) in [5.74, 6) is -0.0860. The number of aryl methyl sites for hydroxylation is 2. The lowest BCUT2D eigenvalue weighted by atomic mass is 10.1. The van der Waals surface area contributed by atoms with E-state index in [0.29, 0.717) is 12.1 Å². The first kappa shape index (κ1) is 23.3. The van der Waals surface area contributed by atoms with Crippen molar-refractivity contribution in [2.75, 3.05) is 31.6 Å². The quantitative estimate of drug-likeness (QED) is 0.677. The van der Waals surface area contributed by atoms with Gasteiger partial charge in [-0.3, -0.25) is 4.79 Å². The van der Waals surface area contributed by atoms with Crippen LogP contribution in [0.25, 0.3) is 0 Å². The number of carbonyl (C=O) groups excluding carboxylic acids is 1. The van der Waals surface area contributed by atoms with E-state index in [9.17, 15) is 13.2 Å². The minimum atomic E-state index is -3.64. The van der Waals surface area contributed by atoms with E-state index in [2.05, 4.69) is 21.8 Å².